The molecule has 15 heavy (non-hydrogen) atoms. The molecule has 2 rings (SSSR count). The zero-order valence-corrected chi connectivity index (χ0v) is 8.39. The van der Waals surface area contributed by atoms with Crippen LogP contribution in [0.15, 0.2) is 24.4 Å². The van der Waals surface area contributed by atoms with Gasteiger partial charge in [-0.05, 0) is 31.0 Å². The molecule has 80 valence electrons. The van der Waals surface area contributed by atoms with E-state index in [0.717, 1.165) is 18.7 Å². The van der Waals surface area contributed by atoms with E-state index in [1.165, 1.54) is 0 Å². The first-order valence-corrected chi connectivity index (χ1v) is 5.13. The highest BCUT2D eigenvalue weighted by atomic mass is 16.4. The van der Waals surface area contributed by atoms with Crippen molar-refractivity contribution in [3.63, 3.8) is 0 Å². The second-order valence-electron chi connectivity index (χ2n) is 3.83. The van der Waals surface area contributed by atoms with Gasteiger partial charge in [0.05, 0.1) is 18.2 Å². The summed E-state index contributed by atoms with van der Waals surface area (Å²) in [6.45, 7) is 0.874. The van der Waals surface area contributed by atoms with E-state index in [1.54, 1.807) is 6.20 Å². The lowest BCUT2D eigenvalue weighted by atomic mass is 9.94. The molecule has 1 aliphatic heterocycles. The fourth-order valence-corrected chi connectivity index (χ4v) is 2.11. The van der Waals surface area contributed by atoms with Crippen molar-refractivity contribution in [3.8, 4) is 0 Å². The third kappa shape index (κ3) is 2.33. The number of aliphatic carboxylic acids is 1. The molecule has 1 aliphatic rings. The van der Waals surface area contributed by atoms with Gasteiger partial charge in [0.1, 0.15) is 0 Å². The van der Waals surface area contributed by atoms with Crippen molar-refractivity contribution in [2.24, 2.45) is 5.92 Å². The molecule has 0 aromatic carbocycles. The molecule has 0 saturated carbocycles. The van der Waals surface area contributed by atoms with Crippen LogP contribution in [0.4, 0.5) is 0 Å². The summed E-state index contributed by atoms with van der Waals surface area (Å²) in [5.74, 6) is -0.568. The maximum Gasteiger partial charge on any atom is 0.303 e. The second kappa shape index (κ2) is 4.40. The summed E-state index contributed by atoms with van der Waals surface area (Å²) in [5, 5.41) is 12.1. The molecule has 4 heteroatoms. The topological polar surface area (TPSA) is 62.2 Å². The predicted molar refractivity (Wildman–Crippen MR) is 55.3 cm³/mol. The van der Waals surface area contributed by atoms with Crippen molar-refractivity contribution in [2.75, 3.05) is 6.54 Å². The first-order chi connectivity index (χ1) is 7.27. The molecule has 0 radical (unpaired) electrons. The summed E-state index contributed by atoms with van der Waals surface area (Å²) in [5.41, 5.74) is 0.946. The third-order valence-corrected chi connectivity index (χ3v) is 2.79. The number of aromatic nitrogens is 1. The van der Waals surface area contributed by atoms with Gasteiger partial charge in [0.25, 0.3) is 0 Å². The molecule has 1 aromatic rings. The molecule has 1 aromatic heterocycles. The molecule has 2 N–H and O–H groups in total. The SMILES string of the molecule is O=C(O)C[C@H]1CCN[C@@H]1c1ccccn1. The summed E-state index contributed by atoms with van der Waals surface area (Å²) in [7, 11) is 0. The Morgan fingerprint density at radius 2 is 2.47 bits per heavy atom. The molecule has 0 amide bonds. The van der Waals surface area contributed by atoms with Crippen molar-refractivity contribution < 1.29 is 9.90 Å². The van der Waals surface area contributed by atoms with Gasteiger partial charge in [-0.25, -0.2) is 0 Å². The summed E-state index contributed by atoms with van der Waals surface area (Å²) in [4.78, 5) is 14.9. The molecule has 0 bridgehead atoms. The second-order valence-corrected chi connectivity index (χ2v) is 3.83. The minimum absolute atomic E-state index is 0.0994. The Bertz CT molecular complexity index is 340. The van der Waals surface area contributed by atoms with Crippen molar-refractivity contribution in [1.82, 2.24) is 10.3 Å². The van der Waals surface area contributed by atoms with E-state index >= 15 is 0 Å². The molecule has 1 fully saturated rings. The number of nitrogens with one attached hydrogen (secondary N) is 1. The standard InChI is InChI=1S/C11H14N2O2/c14-10(15)7-8-4-6-13-11(8)9-3-1-2-5-12-9/h1-3,5,8,11,13H,4,6-7H2,(H,14,15)/t8-,11+/m1/s1. The highest BCUT2D eigenvalue weighted by molar-refractivity contribution is 5.67. The molecular weight excluding hydrogens is 192 g/mol. The number of carboxylic acid groups (broad SMARTS) is 1. The number of hydrogen-bond donors (Lipinski definition) is 2. The Labute approximate surface area is 88.3 Å². The Hall–Kier alpha value is -1.42. The lowest BCUT2D eigenvalue weighted by Gasteiger charge is -2.16. The fourth-order valence-electron chi connectivity index (χ4n) is 2.11. The van der Waals surface area contributed by atoms with Crippen LogP contribution in [-0.4, -0.2) is 22.6 Å². The van der Waals surface area contributed by atoms with Gasteiger partial charge < -0.3 is 10.4 Å². The number of carbonyl (C=O) groups is 1. The quantitative estimate of drug-likeness (QED) is 0.780. The van der Waals surface area contributed by atoms with Crippen molar-refractivity contribution >= 4 is 5.97 Å². The molecule has 0 spiro atoms. The van der Waals surface area contributed by atoms with Gasteiger partial charge >= 0.3 is 5.97 Å². The van der Waals surface area contributed by atoms with Crippen LogP contribution >= 0.6 is 0 Å². The van der Waals surface area contributed by atoms with Gasteiger partial charge in [-0.3, -0.25) is 9.78 Å². The number of pyridine rings is 1. The molecule has 1 saturated heterocycles. The Morgan fingerprint density at radius 1 is 1.60 bits per heavy atom. The largest absolute Gasteiger partial charge is 0.481 e. The number of rotatable bonds is 3. The van der Waals surface area contributed by atoms with Crippen LogP contribution in [0, 0.1) is 5.92 Å². The van der Waals surface area contributed by atoms with Crippen LogP contribution in [0.1, 0.15) is 24.6 Å². The van der Waals surface area contributed by atoms with Crippen LogP contribution in [0.3, 0.4) is 0 Å². The smallest absolute Gasteiger partial charge is 0.303 e. The van der Waals surface area contributed by atoms with Crippen LogP contribution in [0.2, 0.25) is 0 Å². The van der Waals surface area contributed by atoms with Crippen molar-refractivity contribution in [2.45, 2.75) is 18.9 Å². The van der Waals surface area contributed by atoms with Gasteiger partial charge in [0, 0.05) is 6.20 Å². The van der Waals surface area contributed by atoms with Crippen molar-refractivity contribution in [1.29, 1.82) is 0 Å². The predicted octanol–water partition coefficient (Wildman–Crippen LogP) is 1.21. The van der Waals surface area contributed by atoms with Crippen LogP contribution in [-0.2, 0) is 4.79 Å². The van der Waals surface area contributed by atoms with Crippen LogP contribution < -0.4 is 5.32 Å². The molecular formula is C11H14N2O2. The van der Waals surface area contributed by atoms with Gasteiger partial charge in [0.15, 0.2) is 0 Å². The molecule has 2 heterocycles. The van der Waals surface area contributed by atoms with E-state index < -0.39 is 5.97 Å². The van der Waals surface area contributed by atoms with E-state index in [1.807, 2.05) is 18.2 Å². The molecule has 2 atom stereocenters. The summed E-state index contributed by atoms with van der Waals surface area (Å²) in [6, 6.07) is 5.84. The maximum absolute atomic E-state index is 10.7. The highest BCUT2D eigenvalue weighted by Crippen LogP contribution is 2.30. The number of nitrogens with zero attached hydrogens (tertiary/aromatic N) is 1. The van der Waals surface area contributed by atoms with Gasteiger partial charge in [-0.1, -0.05) is 6.07 Å². The van der Waals surface area contributed by atoms with Crippen molar-refractivity contribution in [3.05, 3.63) is 30.1 Å². The normalized spacial score (nSPS) is 25.3. The van der Waals surface area contributed by atoms with E-state index in [4.69, 9.17) is 5.11 Å². The first kappa shape index (κ1) is 10.1. The van der Waals surface area contributed by atoms with Crippen LogP contribution in [0.5, 0.6) is 0 Å². The maximum atomic E-state index is 10.7. The highest BCUT2D eigenvalue weighted by Gasteiger charge is 2.30. The lowest BCUT2D eigenvalue weighted by Crippen LogP contribution is -2.20. The minimum Gasteiger partial charge on any atom is -0.481 e. The minimum atomic E-state index is -0.732. The lowest BCUT2D eigenvalue weighted by molar-refractivity contribution is -0.138. The number of carboxylic acids is 1. The average molecular weight is 206 g/mol. The summed E-state index contributed by atoms with van der Waals surface area (Å²) in [6.07, 6.45) is 2.87. The van der Waals surface area contributed by atoms with E-state index in [-0.39, 0.29) is 18.4 Å². The zero-order valence-electron chi connectivity index (χ0n) is 8.39. The monoisotopic (exact) mass is 206 g/mol. The van der Waals surface area contributed by atoms with E-state index in [2.05, 4.69) is 10.3 Å². The van der Waals surface area contributed by atoms with Gasteiger partial charge in [0.2, 0.25) is 0 Å². The van der Waals surface area contributed by atoms with Gasteiger partial charge in [-0.15, -0.1) is 0 Å². The molecule has 0 unspecified atom stereocenters. The first-order valence-electron chi connectivity index (χ1n) is 5.13. The van der Waals surface area contributed by atoms with E-state index in [0.29, 0.717) is 0 Å². The Balaban J connectivity index is 2.11. The number of hydrogen-bond acceptors (Lipinski definition) is 3. The van der Waals surface area contributed by atoms with Crippen LogP contribution in [0.25, 0.3) is 0 Å². The van der Waals surface area contributed by atoms with Gasteiger partial charge in [-0.2, -0.15) is 0 Å². The zero-order chi connectivity index (χ0) is 10.7. The van der Waals surface area contributed by atoms with E-state index in [9.17, 15) is 4.79 Å². The molecule has 4 nitrogen and oxygen atoms in total. The Morgan fingerprint density at radius 3 is 3.13 bits per heavy atom. The third-order valence-electron chi connectivity index (χ3n) is 2.79. The fraction of sp³-hybridized carbons (Fsp3) is 0.455. The summed E-state index contributed by atoms with van der Waals surface area (Å²) < 4.78 is 0. The average Bonchev–Trinajstić information content (AvgIpc) is 2.66. The summed E-state index contributed by atoms with van der Waals surface area (Å²) >= 11 is 0. The molecule has 0 aliphatic carbocycles. The Kier molecular flexibility index (Phi) is 2.97.